The number of nitrogens with zero attached hydrogens (tertiary/aromatic N) is 3. The van der Waals surface area contributed by atoms with Crippen molar-refractivity contribution < 1.29 is 4.74 Å². The van der Waals surface area contributed by atoms with Crippen LogP contribution in [0.1, 0.15) is 40.0 Å². The average Bonchev–Trinajstić information content (AvgIpc) is 3.27. The maximum atomic E-state index is 6.64. The van der Waals surface area contributed by atoms with Crippen molar-refractivity contribution in [2.75, 3.05) is 5.32 Å². The Hall–Kier alpha value is -3.86. The van der Waals surface area contributed by atoms with Crippen molar-refractivity contribution in [3.05, 3.63) is 113 Å². The molecule has 0 aliphatic carbocycles. The van der Waals surface area contributed by atoms with Gasteiger partial charge in [-0.15, -0.1) is 0 Å². The summed E-state index contributed by atoms with van der Waals surface area (Å²) < 4.78 is 8.60. The molecule has 5 heteroatoms. The number of aromatic nitrogens is 3. The second kappa shape index (κ2) is 6.84. The van der Waals surface area contributed by atoms with Gasteiger partial charge in [-0.25, -0.2) is 4.68 Å². The number of anilines is 1. The number of ether oxygens (including phenoxy) is 1. The average molecular weight is 406 g/mol. The van der Waals surface area contributed by atoms with Gasteiger partial charge in [0.1, 0.15) is 24.2 Å². The highest BCUT2D eigenvalue weighted by molar-refractivity contribution is 5.85. The molecular formula is C26H22N4O. The van der Waals surface area contributed by atoms with Crippen LogP contribution >= 0.6 is 0 Å². The van der Waals surface area contributed by atoms with E-state index < -0.39 is 0 Å². The highest BCUT2D eigenvalue weighted by atomic mass is 16.5. The van der Waals surface area contributed by atoms with Crippen molar-refractivity contribution in [1.82, 2.24) is 14.8 Å². The van der Waals surface area contributed by atoms with E-state index >= 15 is 0 Å². The van der Waals surface area contributed by atoms with Crippen molar-refractivity contribution >= 4 is 11.6 Å². The smallest absolute Gasteiger partial charge is 0.226 e. The van der Waals surface area contributed by atoms with Gasteiger partial charge >= 0.3 is 0 Å². The van der Waals surface area contributed by atoms with Crippen LogP contribution in [-0.4, -0.2) is 14.8 Å². The number of benzene rings is 3. The van der Waals surface area contributed by atoms with E-state index in [2.05, 4.69) is 83.8 Å². The number of rotatable bonds is 2. The molecule has 0 fully saturated rings. The lowest BCUT2D eigenvalue weighted by Crippen LogP contribution is -2.32. The van der Waals surface area contributed by atoms with Gasteiger partial charge in [0.15, 0.2) is 0 Å². The van der Waals surface area contributed by atoms with Gasteiger partial charge < -0.3 is 10.1 Å². The molecule has 3 aromatic carbocycles. The van der Waals surface area contributed by atoms with E-state index in [-0.39, 0.29) is 12.1 Å². The predicted molar refractivity (Wildman–Crippen MR) is 121 cm³/mol. The molecule has 0 bridgehead atoms. The molecule has 0 spiro atoms. The number of aryl methyl sites for hydroxylation is 2. The number of hydrogen-bond donors (Lipinski definition) is 1. The molecule has 0 saturated carbocycles. The second-order valence-electron chi connectivity index (χ2n) is 8.20. The lowest BCUT2D eigenvalue weighted by Gasteiger charge is -2.39. The van der Waals surface area contributed by atoms with Crippen LogP contribution in [0.15, 0.2) is 84.7 Å². The SMILES string of the molecule is Cc1ccc([C@H]2Oc3ccccc3C3=C2[C@@H](c2ccc(C)cc2)n2ncnc2N3)cc1. The van der Waals surface area contributed by atoms with E-state index in [4.69, 9.17) is 4.74 Å². The fourth-order valence-corrected chi connectivity index (χ4v) is 4.50. The third-order valence-electron chi connectivity index (χ3n) is 6.09. The standard InChI is InChI=1S/C26H22N4O/c1-16-7-11-18(12-8-16)24-22-23(29-26-27-15-28-30(24)26)20-5-3-4-6-21(20)31-25(22)19-13-9-17(2)10-14-19/h3-15,24-25H,1-2H3,(H,27,28,29)/t24-,25-/m1/s1. The monoisotopic (exact) mass is 406 g/mol. The molecule has 0 saturated heterocycles. The molecule has 2 aliphatic heterocycles. The van der Waals surface area contributed by atoms with Crippen LogP contribution < -0.4 is 10.1 Å². The Bertz CT molecular complexity index is 1300. The van der Waals surface area contributed by atoms with Crippen molar-refractivity contribution in [3.8, 4) is 5.75 Å². The minimum absolute atomic E-state index is 0.117. The summed E-state index contributed by atoms with van der Waals surface area (Å²) in [5.41, 5.74) is 7.98. The molecule has 2 atom stereocenters. The van der Waals surface area contributed by atoms with Gasteiger partial charge in [0.25, 0.3) is 0 Å². The quantitative estimate of drug-likeness (QED) is 0.481. The molecule has 1 aromatic heterocycles. The largest absolute Gasteiger partial charge is 0.480 e. The van der Waals surface area contributed by atoms with E-state index in [0.29, 0.717) is 0 Å². The van der Waals surface area contributed by atoms with E-state index in [0.717, 1.165) is 39.7 Å². The molecule has 152 valence electrons. The molecule has 2 aliphatic rings. The van der Waals surface area contributed by atoms with Crippen molar-refractivity contribution in [1.29, 1.82) is 0 Å². The zero-order valence-electron chi connectivity index (χ0n) is 17.4. The zero-order chi connectivity index (χ0) is 20.9. The zero-order valence-corrected chi connectivity index (χ0v) is 17.4. The summed E-state index contributed by atoms with van der Waals surface area (Å²) in [6.45, 7) is 4.21. The summed E-state index contributed by atoms with van der Waals surface area (Å²) in [4.78, 5) is 4.49. The molecular weight excluding hydrogens is 384 g/mol. The first-order valence-corrected chi connectivity index (χ1v) is 10.5. The van der Waals surface area contributed by atoms with Crippen LogP contribution in [0.3, 0.4) is 0 Å². The topological polar surface area (TPSA) is 52.0 Å². The predicted octanol–water partition coefficient (Wildman–Crippen LogP) is 5.45. The van der Waals surface area contributed by atoms with Crippen LogP contribution in [0.4, 0.5) is 5.95 Å². The highest BCUT2D eigenvalue weighted by Gasteiger charge is 2.40. The van der Waals surface area contributed by atoms with Gasteiger partial charge in [-0.2, -0.15) is 10.1 Å². The summed E-state index contributed by atoms with van der Waals surface area (Å²) >= 11 is 0. The van der Waals surface area contributed by atoms with Gasteiger partial charge in [0.05, 0.1) is 5.70 Å². The van der Waals surface area contributed by atoms with E-state index in [9.17, 15) is 0 Å². The maximum Gasteiger partial charge on any atom is 0.226 e. The Labute approximate surface area is 181 Å². The second-order valence-corrected chi connectivity index (χ2v) is 8.20. The molecule has 5 nitrogen and oxygen atoms in total. The Morgan fingerprint density at radius 2 is 1.52 bits per heavy atom. The summed E-state index contributed by atoms with van der Waals surface area (Å²) in [6, 6.07) is 25.3. The number of fused-ring (bicyclic) bond motifs is 3. The van der Waals surface area contributed by atoms with E-state index in [1.807, 2.05) is 22.9 Å². The lowest BCUT2D eigenvalue weighted by molar-refractivity contribution is 0.223. The van der Waals surface area contributed by atoms with Gasteiger partial charge in [0.2, 0.25) is 5.95 Å². The Morgan fingerprint density at radius 3 is 2.26 bits per heavy atom. The van der Waals surface area contributed by atoms with Crippen LogP contribution in [-0.2, 0) is 0 Å². The van der Waals surface area contributed by atoms with Crippen molar-refractivity contribution in [2.45, 2.75) is 26.0 Å². The molecule has 1 N–H and O–H groups in total. The highest BCUT2D eigenvalue weighted by Crippen LogP contribution is 2.50. The molecule has 3 heterocycles. The lowest BCUT2D eigenvalue weighted by atomic mass is 9.84. The minimum atomic E-state index is -0.235. The Morgan fingerprint density at radius 1 is 0.839 bits per heavy atom. The number of hydrogen-bond acceptors (Lipinski definition) is 4. The fraction of sp³-hybridized carbons (Fsp3) is 0.154. The molecule has 0 amide bonds. The molecule has 0 unspecified atom stereocenters. The van der Waals surface area contributed by atoms with Crippen molar-refractivity contribution in [3.63, 3.8) is 0 Å². The van der Waals surface area contributed by atoms with Gasteiger partial charge in [-0.1, -0.05) is 71.8 Å². The Kier molecular flexibility index (Phi) is 3.96. The molecule has 6 rings (SSSR count). The number of nitrogens with one attached hydrogen (secondary N) is 1. The van der Waals surface area contributed by atoms with E-state index in [1.54, 1.807) is 6.33 Å². The number of para-hydroxylation sites is 1. The Balaban J connectivity index is 1.62. The summed E-state index contributed by atoms with van der Waals surface area (Å²) in [7, 11) is 0. The third kappa shape index (κ3) is 2.85. The first-order chi connectivity index (χ1) is 15.2. The van der Waals surface area contributed by atoms with Crippen LogP contribution in [0.5, 0.6) is 5.75 Å². The molecule has 31 heavy (non-hydrogen) atoms. The molecule has 4 aromatic rings. The summed E-state index contributed by atoms with van der Waals surface area (Å²) in [5.74, 6) is 1.61. The first-order valence-electron chi connectivity index (χ1n) is 10.5. The van der Waals surface area contributed by atoms with Gasteiger partial charge in [0, 0.05) is 11.1 Å². The van der Waals surface area contributed by atoms with Gasteiger partial charge in [-0.05, 0) is 37.1 Å². The third-order valence-corrected chi connectivity index (χ3v) is 6.09. The maximum absolute atomic E-state index is 6.64. The minimum Gasteiger partial charge on any atom is -0.480 e. The molecule has 0 radical (unpaired) electrons. The van der Waals surface area contributed by atoms with Gasteiger partial charge in [-0.3, -0.25) is 0 Å². The normalized spacial score (nSPS) is 19.0. The first kappa shape index (κ1) is 18.0. The van der Waals surface area contributed by atoms with Crippen LogP contribution in [0.25, 0.3) is 5.70 Å². The van der Waals surface area contributed by atoms with Crippen LogP contribution in [0, 0.1) is 13.8 Å². The van der Waals surface area contributed by atoms with Crippen molar-refractivity contribution in [2.24, 2.45) is 0 Å². The summed E-state index contributed by atoms with van der Waals surface area (Å²) in [6.07, 6.45) is 1.37. The fourth-order valence-electron chi connectivity index (χ4n) is 4.50. The van der Waals surface area contributed by atoms with Crippen LogP contribution in [0.2, 0.25) is 0 Å². The van der Waals surface area contributed by atoms with E-state index in [1.165, 1.54) is 11.1 Å². The summed E-state index contributed by atoms with van der Waals surface area (Å²) in [5, 5.41) is 8.13.